The van der Waals surface area contributed by atoms with Crippen molar-refractivity contribution in [2.45, 2.75) is 25.0 Å². The third-order valence-corrected chi connectivity index (χ3v) is 5.81. The van der Waals surface area contributed by atoms with E-state index in [9.17, 15) is 14.8 Å². The molecular weight excluding hydrogens is 384 g/mol. The number of aliphatic imine (C=N–C) groups is 1. The fraction of sp³-hybridized carbons (Fsp3) is 0.273. The van der Waals surface area contributed by atoms with Gasteiger partial charge in [0, 0.05) is 15.9 Å². The predicted molar refractivity (Wildman–Crippen MR) is 109 cm³/mol. The first-order chi connectivity index (χ1) is 14.6. The molecular formula is C22H21N4O4+. The van der Waals surface area contributed by atoms with Crippen LogP contribution < -0.4 is 5.32 Å². The zero-order valence-corrected chi connectivity index (χ0v) is 16.4. The van der Waals surface area contributed by atoms with Gasteiger partial charge in [0.15, 0.2) is 11.2 Å². The minimum absolute atomic E-state index is 0.0474. The zero-order chi connectivity index (χ0) is 20.9. The van der Waals surface area contributed by atoms with Crippen molar-refractivity contribution in [3.05, 3.63) is 87.9 Å². The van der Waals surface area contributed by atoms with Crippen molar-refractivity contribution in [1.82, 2.24) is 10.2 Å². The molecule has 4 aliphatic rings. The summed E-state index contributed by atoms with van der Waals surface area (Å²) in [6.07, 6.45) is 6.34. The lowest BCUT2D eigenvalue weighted by Crippen LogP contribution is -2.59. The summed E-state index contributed by atoms with van der Waals surface area (Å²) in [5.74, 6) is 0.798. The number of nitroso groups, excluding NO2 is 1. The first kappa shape index (κ1) is 18.5. The molecule has 0 spiro atoms. The lowest BCUT2D eigenvalue weighted by molar-refractivity contribution is -0.646. The zero-order valence-electron chi connectivity index (χ0n) is 16.4. The third-order valence-electron chi connectivity index (χ3n) is 5.81. The molecule has 1 aliphatic carbocycles. The Hall–Kier alpha value is -3.52. The van der Waals surface area contributed by atoms with Gasteiger partial charge in [0.2, 0.25) is 0 Å². The molecule has 0 radical (unpaired) electrons. The monoisotopic (exact) mass is 405 g/mol. The molecule has 1 aromatic carbocycles. The third kappa shape index (κ3) is 2.43. The quantitative estimate of drug-likeness (QED) is 0.586. The first-order valence-corrected chi connectivity index (χ1v) is 9.86. The summed E-state index contributed by atoms with van der Waals surface area (Å²) >= 11 is 0. The molecule has 0 unspecified atom stereocenters. The van der Waals surface area contributed by atoms with E-state index in [1.54, 1.807) is 6.92 Å². The highest BCUT2D eigenvalue weighted by molar-refractivity contribution is 6.03. The summed E-state index contributed by atoms with van der Waals surface area (Å²) in [4.78, 5) is 31.1. The SMILES string of the molecule is CCOC(=O)CC1=NC2=C3NC[N+](=O)[C@@H](O)[C@@]3(c3ccccc3)C3=CC=CC3=CN12. The lowest BCUT2D eigenvalue weighted by Gasteiger charge is -2.41. The van der Waals surface area contributed by atoms with Crippen LogP contribution in [-0.2, 0) is 14.9 Å². The number of hydrogen-bond acceptors (Lipinski definition) is 7. The number of nitrogens with one attached hydrogen (secondary N) is 1. The fourth-order valence-electron chi connectivity index (χ4n) is 4.54. The van der Waals surface area contributed by atoms with Crippen molar-refractivity contribution in [2.24, 2.45) is 4.99 Å². The van der Waals surface area contributed by atoms with E-state index in [1.807, 2.05) is 59.7 Å². The van der Waals surface area contributed by atoms with Crippen molar-refractivity contribution >= 4 is 11.8 Å². The Kier molecular flexibility index (Phi) is 4.18. The number of carbonyl (C=O) groups excluding carboxylic acids is 1. The van der Waals surface area contributed by atoms with Gasteiger partial charge in [-0.25, -0.2) is 4.99 Å². The summed E-state index contributed by atoms with van der Waals surface area (Å²) in [7, 11) is 0. The lowest BCUT2D eigenvalue weighted by atomic mass is 9.67. The van der Waals surface area contributed by atoms with E-state index in [2.05, 4.69) is 10.3 Å². The molecule has 3 heterocycles. The number of rotatable bonds is 4. The highest BCUT2D eigenvalue weighted by Gasteiger charge is 2.61. The Labute approximate surface area is 173 Å². The highest BCUT2D eigenvalue weighted by Crippen LogP contribution is 2.52. The Morgan fingerprint density at radius 3 is 2.97 bits per heavy atom. The van der Waals surface area contributed by atoms with Gasteiger partial charge < -0.3 is 15.2 Å². The number of aliphatic hydroxyl groups is 1. The first-order valence-electron chi connectivity index (χ1n) is 9.86. The van der Waals surface area contributed by atoms with E-state index >= 15 is 0 Å². The van der Waals surface area contributed by atoms with Crippen molar-refractivity contribution in [2.75, 3.05) is 13.3 Å². The van der Waals surface area contributed by atoms with Crippen LogP contribution in [-0.4, -0.2) is 46.1 Å². The molecule has 2 atom stereocenters. The molecule has 0 bridgehead atoms. The van der Waals surface area contributed by atoms with Crippen LogP contribution in [0, 0.1) is 4.91 Å². The van der Waals surface area contributed by atoms with E-state index < -0.39 is 11.6 Å². The van der Waals surface area contributed by atoms with E-state index in [-0.39, 0.29) is 19.1 Å². The number of amidine groups is 1. The maximum atomic E-state index is 12.6. The van der Waals surface area contributed by atoms with Crippen molar-refractivity contribution in [1.29, 1.82) is 0 Å². The summed E-state index contributed by atoms with van der Waals surface area (Å²) in [5, 5.41) is 14.5. The van der Waals surface area contributed by atoms with Crippen LogP contribution in [0.2, 0.25) is 0 Å². The molecule has 8 heteroatoms. The summed E-state index contributed by atoms with van der Waals surface area (Å²) in [5.41, 5.74) is 1.93. The van der Waals surface area contributed by atoms with Crippen LogP contribution in [0.3, 0.4) is 0 Å². The second kappa shape index (κ2) is 6.77. The molecule has 152 valence electrons. The summed E-state index contributed by atoms with van der Waals surface area (Å²) < 4.78 is 5.70. The molecule has 3 aliphatic heterocycles. The van der Waals surface area contributed by atoms with Gasteiger partial charge in [0.1, 0.15) is 12.3 Å². The smallest absolute Gasteiger partial charge is 0.324 e. The molecule has 1 fully saturated rings. The number of hydrogen-bond donors (Lipinski definition) is 2. The molecule has 1 saturated heterocycles. The van der Waals surface area contributed by atoms with Crippen molar-refractivity contribution < 1.29 is 19.4 Å². The van der Waals surface area contributed by atoms with Crippen LogP contribution in [0.1, 0.15) is 18.9 Å². The van der Waals surface area contributed by atoms with Crippen molar-refractivity contribution in [3.8, 4) is 0 Å². The van der Waals surface area contributed by atoms with Gasteiger partial charge in [0.25, 0.3) is 6.67 Å². The molecule has 2 N–H and O–H groups in total. The predicted octanol–water partition coefficient (Wildman–Crippen LogP) is 1.81. The molecule has 5 rings (SSSR count). The van der Waals surface area contributed by atoms with Gasteiger partial charge >= 0.3 is 12.2 Å². The van der Waals surface area contributed by atoms with Gasteiger partial charge in [-0.15, -0.1) is 0 Å². The van der Waals surface area contributed by atoms with Crippen LogP contribution in [0.25, 0.3) is 0 Å². The Morgan fingerprint density at radius 1 is 1.40 bits per heavy atom. The van der Waals surface area contributed by atoms with Crippen molar-refractivity contribution in [3.63, 3.8) is 0 Å². The van der Waals surface area contributed by atoms with Gasteiger partial charge in [-0.3, -0.25) is 9.69 Å². The second-order valence-electron chi connectivity index (χ2n) is 7.40. The number of benzene rings is 1. The molecule has 0 amide bonds. The van der Waals surface area contributed by atoms with Crippen LogP contribution in [0.4, 0.5) is 0 Å². The number of allylic oxidation sites excluding steroid dienone is 4. The fourth-order valence-corrected chi connectivity index (χ4v) is 4.54. The number of fused-ring (bicyclic) bond motifs is 4. The molecule has 30 heavy (non-hydrogen) atoms. The normalized spacial score (nSPS) is 26.3. The van der Waals surface area contributed by atoms with Gasteiger partial charge in [-0.1, -0.05) is 48.6 Å². The summed E-state index contributed by atoms with van der Waals surface area (Å²) in [6.45, 7) is 2.00. The van der Waals surface area contributed by atoms with Gasteiger partial charge in [-0.2, -0.15) is 0 Å². The molecule has 0 saturated carbocycles. The molecule has 1 aromatic rings. The number of nitrogens with zero attached hydrogens (tertiary/aromatic N) is 3. The van der Waals surface area contributed by atoms with Gasteiger partial charge in [0.05, 0.1) is 12.3 Å². The van der Waals surface area contributed by atoms with Crippen LogP contribution >= 0.6 is 0 Å². The van der Waals surface area contributed by atoms with E-state index in [4.69, 9.17) is 4.74 Å². The Balaban J connectivity index is 1.73. The molecule has 0 aromatic heterocycles. The average molecular weight is 405 g/mol. The maximum absolute atomic E-state index is 12.6. The number of esters is 1. The van der Waals surface area contributed by atoms with E-state index in [0.717, 1.165) is 16.7 Å². The number of carbonyl (C=O) groups is 1. The average Bonchev–Trinajstić information content (AvgIpc) is 3.18. The maximum Gasteiger partial charge on any atom is 0.324 e. The standard InChI is InChI=1S/C22H21N4O4/c1-2-30-18(27)11-17-24-20-19-22(15-8-4-3-5-9-15,21(28)26(29)13-23-19)16-10-6-7-14(16)12-25(17)20/h3-10,12,21,23,28H,2,11,13H2,1H3/q+1/t21-,22-/m0/s1. The van der Waals surface area contributed by atoms with Crippen LogP contribution in [0.15, 0.2) is 82.4 Å². The minimum Gasteiger partial charge on any atom is -0.466 e. The Morgan fingerprint density at radius 2 is 2.20 bits per heavy atom. The van der Waals surface area contributed by atoms with Gasteiger partial charge in [-0.05, 0) is 23.6 Å². The number of aliphatic hydroxyl groups excluding tert-OH is 1. The summed E-state index contributed by atoms with van der Waals surface area (Å²) in [6, 6.07) is 9.46. The van der Waals surface area contributed by atoms with E-state index in [1.165, 1.54) is 0 Å². The van der Waals surface area contributed by atoms with Crippen LogP contribution in [0.5, 0.6) is 0 Å². The topological polar surface area (TPSA) is 94.2 Å². The molecule has 8 nitrogen and oxygen atoms in total. The Bertz CT molecular complexity index is 1100. The van der Waals surface area contributed by atoms with E-state index in [0.29, 0.717) is 28.7 Å². The number of ether oxygens (including phenoxy) is 1. The second-order valence-corrected chi connectivity index (χ2v) is 7.40. The largest absolute Gasteiger partial charge is 0.466 e. The highest BCUT2D eigenvalue weighted by atomic mass is 16.5. The minimum atomic E-state index is -1.34.